The Labute approximate surface area is 177 Å². The van der Waals surface area contributed by atoms with E-state index >= 15 is 0 Å². The Hall–Kier alpha value is -2.66. The molecule has 2 aromatic carbocycles. The Kier molecular flexibility index (Phi) is 5.65. The minimum atomic E-state index is -0.164. The number of aliphatic hydroxyl groups is 1. The Morgan fingerprint density at radius 1 is 1.17 bits per heavy atom. The summed E-state index contributed by atoms with van der Waals surface area (Å²) in [6.45, 7) is 3.93. The molecule has 0 saturated heterocycles. The summed E-state index contributed by atoms with van der Waals surface area (Å²) < 4.78 is 11.5. The first-order valence-electron chi connectivity index (χ1n) is 10.6. The van der Waals surface area contributed by atoms with E-state index in [4.69, 9.17) is 9.47 Å². The molecule has 0 unspecified atom stereocenters. The van der Waals surface area contributed by atoms with E-state index < -0.39 is 0 Å². The van der Waals surface area contributed by atoms with E-state index in [2.05, 4.69) is 0 Å². The van der Waals surface area contributed by atoms with Gasteiger partial charge in [0.2, 0.25) is 0 Å². The maximum atomic E-state index is 13.0. The number of Topliss-reactive ketones (excluding diaryl/α,β-unsaturated/α-hetero) is 2. The number of ether oxygens (including phenoxy) is 2. The van der Waals surface area contributed by atoms with Crippen LogP contribution in [0.5, 0.6) is 11.5 Å². The Bertz CT molecular complexity index is 979. The minimum Gasteiger partial charge on any atom is -0.497 e. The predicted molar refractivity (Wildman–Crippen MR) is 114 cm³/mol. The molecule has 5 heteroatoms. The summed E-state index contributed by atoms with van der Waals surface area (Å²) in [5.41, 5.74) is 2.96. The molecule has 1 aliphatic heterocycles. The van der Waals surface area contributed by atoms with Gasteiger partial charge in [0.15, 0.2) is 11.6 Å². The van der Waals surface area contributed by atoms with Crippen LogP contribution in [0.2, 0.25) is 0 Å². The van der Waals surface area contributed by atoms with Crippen LogP contribution in [-0.2, 0) is 0 Å². The van der Waals surface area contributed by atoms with Crippen molar-refractivity contribution in [3.63, 3.8) is 0 Å². The molecular weight excluding hydrogens is 380 g/mol. The molecular formula is C25H28O5. The molecule has 1 fully saturated rings. The summed E-state index contributed by atoms with van der Waals surface area (Å²) in [4.78, 5) is 25.7. The first kappa shape index (κ1) is 20.6. The number of carbonyl (C=O) groups is 2. The number of carbonyl (C=O) groups excluding carboxylic acids is 2. The van der Waals surface area contributed by atoms with Crippen LogP contribution < -0.4 is 9.47 Å². The minimum absolute atomic E-state index is 0.0212. The van der Waals surface area contributed by atoms with E-state index in [1.807, 2.05) is 44.2 Å². The van der Waals surface area contributed by atoms with Crippen molar-refractivity contribution >= 4 is 11.6 Å². The summed E-state index contributed by atoms with van der Waals surface area (Å²) in [5, 5.41) is 9.29. The van der Waals surface area contributed by atoms with Crippen LogP contribution >= 0.6 is 0 Å². The molecule has 0 radical (unpaired) electrons. The van der Waals surface area contributed by atoms with Crippen LogP contribution in [0, 0.1) is 11.8 Å². The molecule has 0 aromatic heterocycles. The molecule has 158 valence electrons. The molecule has 1 aliphatic carbocycles. The van der Waals surface area contributed by atoms with Gasteiger partial charge in [-0.1, -0.05) is 19.1 Å². The second-order valence-corrected chi connectivity index (χ2v) is 8.36. The van der Waals surface area contributed by atoms with Crippen LogP contribution in [0.3, 0.4) is 0 Å². The SMILES string of the molecule is CCC(=O)c1cc(C(=O)C[C@@H]2C[C@H]2CO)cc2c1O[C@H](C)[C@H]2c1cccc(OC)c1. The standard InChI is InChI=1S/C25H28O5/c1-4-22(27)20-10-17(23(28)12-16-8-18(16)13-26)11-21-24(14(2)30-25(20)21)15-6-5-7-19(9-15)29-3/h5-7,9-11,14,16,18,24,26H,4,8,12-13H2,1-3H3/t14-,16+,18+,24+/m1/s1. The fourth-order valence-electron chi connectivity index (χ4n) is 4.50. The zero-order chi connectivity index (χ0) is 21.4. The Balaban J connectivity index is 1.76. The van der Waals surface area contributed by atoms with Gasteiger partial charge in [-0.15, -0.1) is 0 Å². The van der Waals surface area contributed by atoms with Crippen molar-refractivity contribution in [2.45, 2.75) is 45.1 Å². The van der Waals surface area contributed by atoms with Crippen molar-refractivity contribution in [2.24, 2.45) is 11.8 Å². The van der Waals surface area contributed by atoms with E-state index in [1.165, 1.54) is 0 Å². The third kappa shape index (κ3) is 3.74. The average molecular weight is 408 g/mol. The quantitative estimate of drug-likeness (QED) is 0.656. The summed E-state index contributed by atoms with van der Waals surface area (Å²) in [6, 6.07) is 11.4. The second kappa shape index (κ2) is 8.23. The summed E-state index contributed by atoms with van der Waals surface area (Å²) in [7, 11) is 1.63. The van der Waals surface area contributed by atoms with Crippen molar-refractivity contribution in [1.29, 1.82) is 0 Å². The topological polar surface area (TPSA) is 72.8 Å². The zero-order valence-electron chi connectivity index (χ0n) is 17.7. The lowest BCUT2D eigenvalue weighted by atomic mass is 9.85. The molecule has 1 saturated carbocycles. The molecule has 2 aliphatic rings. The van der Waals surface area contributed by atoms with Gasteiger partial charge in [0, 0.05) is 36.5 Å². The van der Waals surface area contributed by atoms with E-state index in [1.54, 1.807) is 13.2 Å². The molecule has 0 amide bonds. The van der Waals surface area contributed by atoms with Crippen LogP contribution in [0.1, 0.15) is 70.9 Å². The van der Waals surface area contributed by atoms with Gasteiger partial charge in [-0.3, -0.25) is 9.59 Å². The summed E-state index contributed by atoms with van der Waals surface area (Å²) in [5.74, 6) is 1.73. The van der Waals surface area contributed by atoms with Crippen LogP contribution in [0.25, 0.3) is 0 Å². The number of hydrogen-bond donors (Lipinski definition) is 1. The number of ketones is 2. The maximum Gasteiger partial charge on any atom is 0.166 e. The van der Waals surface area contributed by atoms with Crippen molar-refractivity contribution < 1.29 is 24.2 Å². The van der Waals surface area contributed by atoms with E-state index in [9.17, 15) is 14.7 Å². The molecule has 1 N–H and O–H groups in total. The Morgan fingerprint density at radius 3 is 2.63 bits per heavy atom. The Morgan fingerprint density at radius 2 is 1.97 bits per heavy atom. The number of rotatable bonds is 8. The number of hydrogen-bond acceptors (Lipinski definition) is 5. The van der Waals surface area contributed by atoms with Gasteiger partial charge in [0.1, 0.15) is 17.6 Å². The number of fused-ring (bicyclic) bond motifs is 1. The highest BCUT2D eigenvalue weighted by molar-refractivity contribution is 6.04. The van der Waals surface area contributed by atoms with Crippen molar-refractivity contribution in [3.05, 3.63) is 58.7 Å². The lowest BCUT2D eigenvalue weighted by Gasteiger charge is -2.16. The van der Waals surface area contributed by atoms with E-state index in [-0.39, 0.29) is 42.0 Å². The van der Waals surface area contributed by atoms with Crippen molar-refractivity contribution in [3.8, 4) is 11.5 Å². The van der Waals surface area contributed by atoms with Crippen molar-refractivity contribution in [1.82, 2.24) is 0 Å². The van der Waals surface area contributed by atoms with Crippen LogP contribution in [-0.4, -0.2) is 36.5 Å². The molecule has 4 atom stereocenters. The largest absolute Gasteiger partial charge is 0.497 e. The zero-order valence-corrected chi connectivity index (χ0v) is 17.7. The highest BCUT2D eigenvalue weighted by Crippen LogP contribution is 2.46. The van der Waals surface area contributed by atoms with Gasteiger partial charge in [-0.05, 0) is 55.0 Å². The molecule has 5 nitrogen and oxygen atoms in total. The lowest BCUT2D eigenvalue weighted by molar-refractivity contribution is 0.0972. The predicted octanol–water partition coefficient (Wildman–Crippen LogP) is 4.40. The van der Waals surface area contributed by atoms with Gasteiger partial charge in [0.05, 0.1) is 12.7 Å². The number of benzene rings is 2. The lowest BCUT2D eigenvalue weighted by Crippen LogP contribution is -2.15. The summed E-state index contributed by atoms with van der Waals surface area (Å²) in [6.07, 6.45) is 1.48. The molecule has 0 bridgehead atoms. The molecule has 1 heterocycles. The first-order valence-corrected chi connectivity index (χ1v) is 10.6. The maximum absolute atomic E-state index is 13.0. The highest BCUT2D eigenvalue weighted by atomic mass is 16.5. The smallest absolute Gasteiger partial charge is 0.166 e. The van der Waals surface area contributed by atoms with Gasteiger partial charge in [0.25, 0.3) is 0 Å². The summed E-state index contributed by atoms with van der Waals surface area (Å²) >= 11 is 0. The van der Waals surface area contributed by atoms with Gasteiger partial charge in [-0.2, -0.15) is 0 Å². The average Bonchev–Trinajstić information content (AvgIpc) is 3.43. The second-order valence-electron chi connectivity index (χ2n) is 8.36. The van der Waals surface area contributed by atoms with Gasteiger partial charge >= 0.3 is 0 Å². The third-order valence-electron chi connectivity index (χ3n) is 6.37. The molecule has 4 rings (SSSR count). The number of aliphatic hydroxyl groups excluding tert-OH is 1. The fourth-order valence-corrected chi connectivity index (χ4v) is 4.50. The van der Waals surface area contributed by atoms with E-state index in [0.29, 0.717) is 29.7 Å². The van der Waals surface area contributed by atoms with Gasteiger partial charge in [-0.25, -0.2) is 0 Å². The molecule has 2 aromatic rings. The monoisotopic (exact) mass is 408 g/mol. The molecule has 30 heavy (non-hydrogen) atoms. The number of methoxy groups -OCH3 is 1. The first-order chi connectivity index (χ1) is 14.5. The third-order valence-corrected chi connectivity index (χ3v) is 6.37. The van der Waals surface area contributed by atoms with Crippen LogP contribution in [0.15, 0.2) is 36.4 Å². The highest BCUT2D eigenvalue weighted by Gasteiger charge is 2.39. The van der Waals surface area contributed by atoms with Crippen LogP contribution in [0.4, 0.5) is 0 Å². The van der Waals surface area contributed by atoms with E-state index in [0.717, 1.165) is 23.3 Å². The fraction of sp³-hybridized carbons (Fsp3) is 0.440. The van der Waals surface area contributed by atoms with Gasteiger partial charge < -0.3 is 14.6 Å². The molecule has 0 spiro atoms. The van der Waals surface area contributed by atoms with Crippen molar-refractivity contribution in [2.75, 3.05) is 13.7 Å². The normalized spacial score (nSPS) is 24.1.